The van der Waals surface area contributed by atoms with Crippen molar-refractivity contribution >= 4 is 11.3 Å². The first-order valence-corrected chi connectivity index (χ1v) is 19.7. The summed E-state index contributed by atoms with van der Waals surface area (Å²) in [6.07, 6.45) is 40.9. The quantitative estimate of drug-likeness (QED) is 0.263. The number of benzene rings is 2. The SMILES string of the molecule is C1=CC(C2C=CC(C3CC(C4=CC(c5ccccc5)=C(Nc5ccccc5)CC4)=CCC3NC3C=C(C4=CC5CC[C@H]45)C=CC3)=CC2)CCC1. The van der Waals surface area contributed by atoms with Gasteiger partial charge in [0.2, 0.25) is 0 Å². The van der Waals surface area contributed by atoms with Crippen molar-refractivity contribution in [2.75, 3.05) is 5.32 Å². The number of fused-ring (bicyclic) bond motifs is 1. The maximum atomic E-state index is 4.23. The summed E-state index contributed by atoms with van der Waals surface area (Å²) >= 11 is 0. The fourth-order valence-corrected chi connectivity index (χ4v) is 9.74. The van der Waals surface area contributed by atoms with Gasteiger partial charge in [0.15, 0.2) is 0 Å². The van der Waals surface area contributed by atoms with Crippen LogP contribution in [0.1, 0.15) is 76.2 Å². The van der Waals surface area contributed by atoms with Crippen molar-refractivity contribution in [3.8, 4) is 0 Å². The zero-order chi connectivity index (χ0) is 33.3. The molecule has 1 saturated carbocycles. The predicted molar refractivity (Wildman–Crippen MR) is 210 cm³/mol. The Hall–Kier alpha value is -4.14. The van der Waals surface area contributed by atoms with Gasteiger partial charge in [0.25, 0.3) is 0 Å². The highest BCUT2D eigenvalue weighted by molar-refractivity contribution is 5.81. The van der Waals surface area contributed by atoms with Crippen molar-refractivity contribution < 1.29 is 0 Å². The Balaban J connectivity index is 0.996. The van der Waals surface area contributed by atoms with Gasteiger partial charge in [0.1, 0.15) is 0 Å². The number of hydrogen-bond donors (Lipinski definition) is 2. The molecule has 0 amide bonds. The summed E-state index contributed by atoms with van der Waals surface area (Å²) in [5.74, 6) is 3.54. The van der Waals surface area contributed by atoms with E-state index in [-0.39, 0.29) is 0 Å². The summed E-state index contributed by atoms with van der Waals surface area (Å²) in [5, 5.41) is 8.02. The van der Waals surface area contributed by atoms with Crippen LogP contribution in [0.4, 0.5) is 5.69 Å². The molecule has 1 fully saturated rings. The van der Waals surface area contributed by atoms with Gasteiger partial charge in [-0.05, 0) is 146 Å². The molecule has 2 heteroatoms. The molecule has 50 heavy (non-hydrogen) atoms. The van der Waals surface area contributed by atoms with Gasteiger partial charge in [0, 0.05) is 35.0 Å². The molecule has 0 bridgehead atoms. The van der Waals surface area contributed by atoms with Gasteiger partial charge in [-0.2, -0.15) is 0 Å². The minimum absolute atomic E-state index is 0.402. The van der Waals surface area contributed by atoms with Crippen LogP contribution in [0.25, 0.3) is 5.57 Å². The molecular formula is C48H52N2. The van der Waals surface area contributed by atoms with Gasteiger partial charge in [0.05, 0.1) is 0 Å². The fraction of sp³-hybridized carbons (Fsp3) is 0.375. The molecule has 6 unspecified atom stereocenters. The van der Waals surface area contributed by atoms with Gasteiger partial charge in [-0.25, -0.2) is 0 Å². The molecular weight excluding hydrogens is 605 g/mol. The summed E-state index contributed by atoms with van der Waals surface area (Å²) in [4.78, 5) is 0. The largest absolute Gasteiger partial charge is 0.358 e. The molecule has 0 radical (unpaired) electrons. The topological polar surface area (TPSA) is 24.1 Å². The molecule has 0 saturated heterocycles. The Morgan fingerprint density at radius 1 is 0.660 bits per heavy atom. The van der Waals surface area contributed by atoms with Gasteiger partial charge >= 0.3 is 0 Å². The lowest BCUT2D eigenvalue weighted by Gasteiger charge is -2.46. The second-order valence-electron chi connectivity index (χ2n) is 15.8. The van der Waals surface area contributed by atoms with Crippen molar-refractivity contribution in [3.05, 3.63) is 167 Å². The molecule has 0 aromatic heterocycles. The van der Waals surface area contributed by atoms with Crippen LogP contribution in [0.3, 0.4) is 0 Å². The van der Waals surface area contributed by atoms with Crippen LogP contribution in [0.2, 0.25) is 0 Å². The molecule has 9 rings (SSSR count). The van der Waals surface area contributed by atoms with Crippen LogP contribution in [0.15, 0.2) is 161 Å². The average molecular weight is 657 g/mol. The number of nitrogens with one attached hydrogen (secondary N) is 2. The summed E-state index contributed by atoms with van der Waals surface area (Å²) in [5.41, 5.74) is 12.9. The second-order valence-corrected chi connectivity index (χ2v) is 15.8. The van der Waals surface area contributed by atoms with E-state index in [1.807, 2.05) is 0 Å². The Morgan fingerprint density at radius 3 is 2.28 bits per heavy atom. The van der Waals surface area contributed by atoms with E-state index >= 15 is 0 Å². The van der Waals surface area contributed by atoms with Crippen molar-refractivity contribution in [1.29, 1.82) is 0 Å². The van der Waals surface area contributed by atoms with Gasteiger partial charge in [-0.15, -0.1) is 0 Å². The van der Waals surface area contributed by atoms with Crippen LogP contribution in [-0.4, -0.2) is 12.1 Å². The van der Waals surface area contributed by atoms with E-state index in [0.717, 1.165) is 49.6 Å². The van der Waals surface area contributed by atoms with Crippen LogP contribution < -0.4 is 10.6 Å². The third-order valence-electron chi connectivity index (χ3n) is 12.8. The van der Waals surface area contributed by atoms with Crippen molar-refractivity contribution in [2.45, 2.75) is 82.7 Å². The number of hydrogen-bond acceptors (Lipinski definition) is 2. The lowest BCUT2D eigenvalue weighted by molar-refractivity contribution is 0.230. The molecule has 0 spiro atoms. The van der Waals surface area contributed by atoms with Gasteiger partial charge < -0.3 is 10.6 Å². The molecule has 7 atom stereocenters. The monoisotopic (exact) mass is 656 g/mol. The Labute approximate surface area is 299 Å². The van der Waals surface area contributed by atoms with E-state index in [4.69, 9.17) is 0 Å². The van der Waals surface area contributed by atoms with E-state index in [0.29, 0.717) is 29.8 Å². The lowest BCUT2D eigenvalue weighted by Crippen LogP contribution is -2.45. The number of allylic oxidation sites excluding steroid dienone is 14. The summed E-state index contributed by atoms with van der Waals surface area (Å²) in [6.45, 7) is 0. The lowest BCUT2D eigenvalue weighted by atomic mass is 9.59. The van der Waals surface area contributed by atoms with Crippen LogP contribution in [0.5, 0.6) is 0 Å². The molecule has 7 aliphatic carbocycles. The summed E-state index contributed by atoms with van der Waals surface area (Å²) in [7, 11) is 0. The first kappa shape index (κ1) is 31.8. The minimum Gasteiger partial charge on any atom is -0.358 e. The molecule has 0 heterocycles. The molecule has 0 aliphatic heterocycles. The highest BCUT2D eigenvalue weighted by Crippen LogP contribution is 2.52. The molecule has 2 N–H and O–H groups in total. The standard InChI is InChI=1S/C48H52N2/c1-4-11-33(12-5-1)34-19-21-36(22-20-34)46-31-38(25-28-48(46)50-42-18-10-15-39(29-42)44-32-40-23-26-43(40)44)37-24-27-47(49-41-16-8-3-9-17-41)45(30-37)35-13-6-2-7-14-35/h2-4,6-11,13-17,19,21-22,25,29-30,32-34,40,42-43,46,48-50H,1,5,12,18,20,23-24,26-28,31H2/t33?,34?,40?,42?,43-,46?,48?/m0/s1. The minimum atomic E-state index is 0.402. The summed E-state index contributed by atoms with van der Waals surface area (Å²) in [6, 6.07) is 22.5. The average Bonchev–Trinajstić information content (AvgIpc) is 3.17. The van der Waals surface area contributed by atoms with Crippen molar-refractivity contribution in [1.82, 2.24) is 5.32 Å². The third kappa shape index (κ3) is 6.56. The normalized spacial score (nSPS) is 31.7. The zero-order valence-electron chi connectivity index (χ0n) is 29.4. The first-order valence-electron chi connectivity index (χ1n) is 19.7. The maximum absolute atomic E-state index is 4.23. The van der Waals surface area contributed by atoms with E-state index in [1.165, 1.54) is 66.5 Å². The third-order valence-corrected chi connectivity index (χ3v) is 12.8. The van der Waals surface area contributed by atoms with Crippen LogP contribution in [0, 0.1) is 29.6 Å². The second kappa shape index (κ2) is 14.2. The van der Waals surface area contributed by atoms with E-state index in [9.17, 15) is 0 Å². The maximum Gasteiger partial charge on any atom is 0.0381 e. The highest BCUT2D eigenvalue weighted by atomic mass is 15.0. The van der Waals surface area contributed by atoms with Crippen molar-refractivity contribution in [3.63, 3.8) is 0 Å². The van der Waals surface area contributed by atoms with Gasteiger partial charge in [-0.3, -0.25) is 0 Å². The molecule has 2 aromatic carbocycles. The number of anilines is 1. The molecule has 7 aliphatic rings. The van der Waals surface area contributed by atoms with E-state index in [2.05, 4.69) is 138 Å². The highest BCUT2D eigenvalue weighted by Gasteiger charge is 2.41. The van der Waals surface area contributed by atoms with E-state index in [1.54, 1.807) is 16.7 Å². The van der Waals surface area contributed by atoms with Crippen LogP contribution >= 0.6 is 0 Å². The van der Waals surface area contributed by atoms with E-state index < -0.39 is 0 Å². The first-order chi connectivity index (χ1) is 24.7. The number of para-hydroxylation sites is 1. The predicted octanol–water partition coefficient (Wildman–Crippen LogP) is 11.6. The Kier molecular flexibility index (Phi) is 9.06. The smallest absolute Gasteiger partial charge is 0.0381 e. The summed E-state index contributed by atoms with van der Waals surface area (Å²) < 4.78 is 0. The van der Waals surface area contributed by atoms with Crippen molar-refractivity contribution in [2.24, 2.45) is 29.6 Å². The zero-order valence-corrected chi connectivity index (χ0v) is 29.4. The van der Waals surface area contributed by atoms with Gasteiger partial charge in [-0.1, -0.05) is 109 Å². The molecule has 2 nitrogen and oxygen atoms in total. The Morgan fingerprint density at radius 2 is 1.54 bits per heavy atom. The Bertz CT molecular complexity index is 1860. The fourth-order valence-electron chi connectivity index (χ4n) is 9.74. The number of rotatable bonds is 9. The van der Waals surface area contributed by atoms with Crippen LogP contribution in [-0.2, 0) is 0 Å². The molecule has 254 valence electrons. The molecule has 2 aromatic rings.